The number of anilines is 1. The number of hydrogen-bond donors (Lipinski definition) is 0. The number of rotatable bonds is 3. The highest BCUT2D eigenvalue weighted by atomic mass is 16.6. The topological polar surface area (TPSA) is 53.1 Å². The van der Waals surface area contributed by atoms with Crippen molar-refractivity contribution < 1.29 is 14.3 Å². The number of amides is 2. The van der Waals surface area contributed by atoms with Crippen LogP contribution in [0.4, 0.5) is 10.5 Å². The first-order chi connectivity index (χ1) is 12.6. The Morgan fingerprint density at radius 1 is 1.12 bits per heavy atom. The molecule has 2 fully saturated rings. The molecule has 2 heterocycles. The molecule has 26 heavy (non-hydrogen) atoms. The van der Waals surface area contributed by atoms with Gasteiger partial charge in [-0.1, -0.05) is 12.1 Å². The minimum Gasteiger partial charge on any atom is -0.450 e. The molecule has 1 aromatic rings. The van der Waals surface area contributed by atoms with Gasteiger partial charge in [0, 0.05) is 45.0 Å². The average Bonchev–Trinajstić information content (AvgIpc) is 2.68. The van der Waals surface area contributed by atoms with Crippen molar-refractivity contribution in [2.75, 3.05) is 50.8 Å². The van der Waals surface area contributed by atoms with Crippen molar-refractivity contribution in [1.29, 1.82) is 0 Å². The van der Waals surface area contributed by atoms with Gasteiger partial charge in [0.1, 0.15) is 0 Å². The summed E-state index contributed by atoms with van der Waals surface area (Å²) in [6.07, 6.45) is 1.42. The molecule has 2 saturated heterocycles. The maximum absolute atomic E-state index is 12.9. The predicted molar refractivity (Wildman–Crippen MR) is 101 cm³/mol. The molecule has 0 N–H and O–H groups in total. The number of nitrogens with zero attached hydrogens (tertiary/aromatic N) is 3. The zero-order valence-electron chi connectivity index (χ0n) is 15.8. The molecule has 3 rings (SSSR count). The van der Waals surface area contributed by atoms with Gasteiger partial charge in [-0.25, -0.2) is 4.79 Å². The van der Waals surface area contributed by atoms with Crippen molar-refractivity contribution in [3.8, 4) is 0 Å². The van der Waals surface area contributed by atoms with E-state index in [1.54, 1.807) is 11.8 Å². The molecule has 1 unspecified atom stereocenters. The summed E-state index contributed by atoms with van der Waals surface area (Å²) in [7, 11) is 0. The molecule has 2 aliphatic heterocycles. The largest absolute Gasteiger partial charge is 0.450 e. The lowest BCUT2D eigenvalue weighted by Gasteiger charge is -2.39. The second kappa shape index (κ2) is 8.43. The minimum absolute atomic E-state index is 0.0984. The fraction of sp³-hybridized carbons (Fsp3) is 0.600. The zero-order chi connectivity index (χ0) is 18.5. The summed E-state index contributed by atoms with van der Waals surface area (Å²) in [6.45, 7) is 8.62. The first-order valence-corrected chi connectivity index (χ1v) is 9.60. The summed E-state index contributed by atoms with van der Waals surface area (Å²) in [5.74, 6) is 0.0848. The van der Waals surface area contributed by atoms with Crippen LogP contribution in [0, 0.1) is 12.8 Å². The number of carbonyl (C=O) groups excluding carboxylic acids is 2. The Morgan fingerprint density at radius 3 is 2.58 bits per heavy atom. The van der Waals surface area contributed by atoms with Crippen molar-refractivity contribution in [2.45, 2.75) is 26.7 Å². The van der Waals surface area contributed by atoms with Crippen molar-refractivity contribution >= 4 is 17.7 Å². The van der Waals surface area contributed by atoms with Crippen molar-refractivity contribution in [2.24, 2.45) is 5.92 Å². The molecule has 1 atom stereocenters. The number of likely N-dealkylation sites (tertiary alicyclic amines) is 1. The number of piperazine rings is 1. The van der Waals surface area contributed by atoms with Gasteiger partial charge in [-0.15, -0.1) is 0 Å². The van der Waals surface area contributed by atoms with Crippen LogP contribution in [0.1, 0.15) is 25.3 Å². The highest BCUT2D eigenvalue weighted by Crippen LogP contribution is 2.22. The maximum Gasteiger partial charge on any atom is 0.409 e. The summed E-state index contributed by atoms with van der Waals surface area (Å²) in [5.41, 5.74) is 2.48. The second-order valence-electron chi connectivity index (χ2n) is 7.14. The van der Waals surface area contributed by atoms with Crippen LogP contribution in [-0.4, -0.2) is 67.7 Å². The molecular weight excluding hydrogens is 330 g/mol. The van der Waals surface area contributed by atoms with Crippen LogP contribution < -0.4 is 4.90 Å². The van der Waals surface area contributed by atoms with Crippen LogP contribution in [0.15, 0.2) is 24.3 Å². The molecule has 2 amide bonds. The average molecular weight is 359 g/mol. The number of hydrogen-bond acceptors (Lipinski definition) is 4. The Bertz CT molecular complexity index is 641. The molecule has 0 spiro atoms. The van der Waals surface area contributed by atoms with E-state index in [0.717, 1.165) is 39.0 Å². The van der Waals surface area contributed by atoms with Gasteiger partial charge in [0.15, 0.2) is 0 Å². The maximum atomic E-state index is 12.9. The summed E-state index contributed by atoms with van der Waals surface area (Å²) >= 11 is 0. The quantitative estimate of drug-likeness (QED) is 0.832. The summed E-state index contributed by atoms with van der Waals surface area (Å²) in [6, 6.07) is 8.49. The lowest BCUT2D eigenvalue weighted by molar-refractivity contribution is -0.137. The smallest absolute Gasteiger partial charge is 0.409 e. The van der Waals surface area contributed by atoms with Crippen molar-refractivity contribution in [3.05, 3.63) is 29.8 Å². The number of aryl methyl sites for hydroxylation is 1. The standard InChI is InChI=1S/C20H29N3O3/c1-3-26-20(25)23-9-5-7-17(15-23)19(24)22-12-10-21(11-13-22)18-8-4-6-16(2)14-18/h4,6,8,14,17H,3,5,7,9-13,15H2,1-2H3. The lowest BCUT2D eigenvalue weighted by atomic mass is 9.96. The molecule has 0 aromatic heterocycles. The normalized spacial score (nSPS) is 20.8. The fourth-order valence-electron chi connectivity index (χ4n) is 3.83. The summed E-state index contributed by atoms with van der Waals surface area (Å²) in [4.78, 5) is 30.8. The number of piperidine rings is 1. The van der Waals surface area contributed by atoms with Crippen molar-refractivity contribution in [1.82, 2.24) is 9.80 Å². The molecule has 0 bridgehead atoms. The van der Waals surface area contributed by atoms with Gasteiger partial charge < -0.3 is 19.4 Å². The van der Waals surface area contributed by atoms with Crippen LogP contribution in [-0.2, 0) is 9.53 Å². The Labute approximate surface area is 155 Å². The predicted octanol–water partition coefficient (Wildman–Crippen LogP) is 2.51. The Balaban J connectivity index is 1.54. The van der Waals surface area contributed by atoms with E-state index in [2.05, 4.69) is 36.1 Å². The highest BCUT2D eigenvalue weighted by molar-refractivity contribution is 5.80. The number of benzene rings is 1. The third-order valence-electron chi connectivity index (χ3n) is 5.25. The molecule has 2 aliphatic rings. The molecule has 6 heteroatoms. The molecule has 142 valence electrons. The third-order valence-corrected chi connectivity index (χ3v) is 5.25. The van der Waals surface area contributed by atoms with E-state index in [4.69, 9.17) is 4.74 Å². The molecule has 0 radical (unpaired) electrons. The van der Waals surface area contributed by atoms with Crippen molar-refractivity contribution in [3.63, 3.8) is 0 Å². The molecule has 0 saturated carbocycles. The molecular formula is C20H29N3O3. The van der Waals surface area contributed by atoms with Gasteiger partial charge in [0.2, 0.25) is 5.91 Å². The summed E-state index contributed by atoms with van der Waals surface area (Å²) in [5, 5.41) is 0. The van der Waals surface area contributed by atoms with Crippen LogP contribution in [0.3, 0.4) is 0 Å². The van der Waals surface area contributed by atoms with E-state index in [1.807, 2.05) is 4.90 Å². The Hall–Kier alpha value is -2.24. The number of ether oxygens (including phenoxy) is 1. The van der Waals surface area contributed by atoms with Crippen LogP contribution in [0.5, 0.6) is 0 Å². The van der Waals surface area contributed by atoms with Gasteiger partial charge in [-0.3, -0.25) is 4.79 Å². The second-order valence-corrected chi connectivity index (χ2v) is 7.14. The first-order valence-electron chi connectivity index (χ1n) is 9.60. The minimum atomic E-state index is -0.297. The SMILES string of the molecule is CCOC(=O)N1CCCC(C(=O)N2CCN(c3cccc(C)c3)CC2)C1. The fourth-order valence-corrected chi connectivity index (χ4v) is 3.83. The van der Waals surface area contributed by atoms with E-state index in [9.17, 15) is 9.59 Å². The van der Waals surface area contributed by atoms with Gasteiger partial charge in [-0.2, -0.15) is 0 Å². The van der Waals surface area contributed by atoms with Gasteiger partial charge in [0.25, 0.3) is 0 Å². The van der Waals surface area contributed by atoms with E-state index < -0.39 is 0 Å². The van der Waals surface area contributed by atoms with Crippen LogP contribution in [0.2, 0.25) is 0 Å². The van der Waals surface area contributed by atoms with Crippen LogP contribution >= 0.6 is 0 Å². The van der Waals surface area contributed by atoms with Crippen LogP contribution in [0.25, 0.3) is 0 Å². The number of carbonyl (C=O) groups is 2. The summed E-state index contributed by atoms with van der Waals surface area (Å²) < 4.78 is 5.08. The van der Waals surface area contributed by atoms with Gasteiger partial charge >= 0.3 is 6.09 Å². The first kappa shape index (κ1) is 18.5. The lowest BCUT2D eigenvalue weighted by Crippen LogP contribution is -2.53. The molecule has 1 aromatic carbocycles. The zero-order valence-corrected chi connectivity index (χ0v) is 15.8. The van der Waals surface area contributed by atoms with E-state index in [-0.39, 0.29) is 17.9 Å². The monoisotopic (exact) mass is 359 g/mol. The van der Waals surface area contributed by atoms with E-state index >= 15 is 0 Å². The molecule has 0 aliphatic carbocycles. The molecule has 6 nitrogen and oxygen atoms in total. The highest BCUT2D eigenvalue weighted by Gasteiger charge is 2.33. The van der Waals surface area contributed by atoms with E-state index in [0.29, 0.717) is 19.7 Å². The van der Waals surface area contributed by atoms with E-state index in [1.165, 1.54) is 11.3 Å². The third kappa shape index (κ3) is 4.29. The Kier molecular flexibility index (Phi) is 6.01. The van der Waals surface area contributed by atoms with Gasteiger partial charge in [0.05, 0.1) is 12.5 Å². The van der Waals surface area contributed by atoms with Gasteiger partial charge in [-0.05, 0) is 44.4 Å². The Morgan fingerprint density at radius 2 is 1.88 bits per heavy atom.